The summed E-state index contributed by atoms with van der Waals surface area (Å²) >= 11 is 0. The van der Waals surface area contributed by atoms with Crippen molar-refractivity contribution in [1.29, 1.82) is 5.26 Å². The normalized spacial score (nSPS) is 10.3. The topological polar surface area (TPSA) is 76.4 Å². The van der Waals surface area contributed by atoms with Crippen LogP contribution in [0.2, 0.25) is 0 Å². The third-order valence-corrected chi connectivity index (χ3v) is 2.03. The molecule has 74 valence electrons. The van der Waals surface area contributed by atoms with Crippen molar-refractivity contribution >= 4 is 10.4 Å². The van der Waals surface area contributed by atoms with Gasteiger partial charge in [0, 0.05) is 0 Å². The molecule has 1 aromatic rings. The Morgan fingerprint density at radius 3 is 2.36 bits per heavy atom. The second kappa shape index (κ2) is 3.98. The predicted molar refractivity (Wildman–Crippen MR) is 47.4 cm³/mol. The fraction of sp³-hybridized carbons (Fsp3) is 0.125. The summed E-state index contributed by atoms with van der Waals surface area (Å²) in [5.41, 5.74) is 0.968. The number of nitriles is 1. The van der Waals surface area contributed by atoms with Crippen LogP contribution in [0.3, 0.4) is 0 Å². The minimum atomic E-state index is -4.26. The first-order valence-corrected chi connectivity index (χ1v) is 4.95. The molecule has 1 aromatic carbocycles. The second-order valence-electron chi connectivity index (χ2n) is 2.48. The molecule has 0 saturated heterocycles. The summed E-state index contributed by atoms with van der Waals surface area (Å²) in [6.45, 7) is 1.85. The van der Waals surface area contributed by atoms with Gasteiger partial charge in [0.1, 0.15) is 5.75 Å². The lowest BCUT2D eigenvalue weighted by atomic mass is 10.2. The van der Waals surface area contributed by atoms with E-state index in [2.05, 4.69) is 8.37 Å². The predicted octanol–water partition coefficient (Wildman–Crippen LogP) is 1.12. The molecular formula is C8H7NO4S. The summed E-state index contributed by atoms with van der Waals surface area (Å²) in [7, 11) is -4.26. The zero-order valence-corrected chi connectivity index (χ0v) is 8.11. The van der Waals surface area contributed by atoms with E-state index < -0.39 is 10.4 Å². The highest BCUT2D eigenvalue weighted by Gasteiger charge is 2.13. The van der Waals surface area contributed by atoms with E-state index in [0.29, 0.717) is 0 Å². The number of benzene rings is 1. The summed E-state index contributed by atoms with van der Waals surface area (Å²) in [4.78, 5) is 0. The Balaban J connectivity index is 2.80. The number of hydrogen-bond donors (Lipinski definition) is 0. The van der Waals surface area contributed by atoms with Gasteiger partial charge in [0.15, 0.2) is 0 Å². The average molecular weight is 213 g/mol. The highest BCUT2D eigenvalue weighted by Crippen LogP contribution is 2.14. The fourth-order valence-electron chi connectivity index (χ4n) is 0.774. The molecule has 0 atom stereocenters. The lowest BCUT2D eigenvalue weighted by Gasteiger charge is -2.02. The van der Waals surface area contributed by atoms with Crippen LogP contribution in [0.4, 0.5) is 0 Å². The summed E-state index contributed by atoms with van der Waals surface area (Å²) in [5, 5.41) is 7.99. The Kier molecular flexibility index (Phi) is 2.94. The number of rotatable bonds is 3. The van der Waals surface area contributed by atoms with Gasteiger partial charge in [-0.25, -0.2) is 0 Å². The molecule has 1 rings (SSSR count). The van der Waals surface area contributed by atoms with Crippen molar-refractivity contribution in [2.45, 2.75) is 6.92 Å². The molecule has 0 spiro atoms. The third kappa shape index (κ3) is 2.95. The molecule has 5 nitrogen and oxygen atoms in total. The maximum Gasteiger partial charge on any atom is 0.511 e. The molecule has 0 amide bonds. The Labute approximate surface area is 81.8 Å². The average Bonchev–Trinajstić information content (AvgIpc) is 2.08. The lowest BCUT2D eigenvalue weighted by Crippen LogP contribution is -2.10. The van der Waals surface area contributed by atoms with Gasteiger partial charge in [-0.3, -0.25) is 4.18 Å². The van der Waals surface area contributed by atoms with Gasteiger partial charge < -0.3 is 4.18 Å². The van der Waals surface area contributed by atoms with Gasteiger partial charge >= 0.3 is 16.7 Å². The maximum atomic E-state index is 10.8. The molecular weight excluding hydrogens is 206 g/mol. The first-order valence-electron chi connectivity index (χ1n) is 3.62. The Hall–Kier alpha value is -1.74. The smallest absolute Gasteiger partial charge is 0.352 e. The Morgan fingerprint density at radius 1 is 1.29 bits per heavy atom. The summed E-state index contributed by atoms with van der Waals surface area (Å²) < 4.78 is 29.8. The van der Waals surface area contributed by atoms with Crippen molar-refractivity contribution in [2.24, 2.45) is 0 Å². The van der Waals surface area contributed by atoms with Crippen molar-refractivity contribution in [3.05, 3.63) is 29.8 Å². The zero-order chi connectivity index (χ0) is 10.6. The van der Waals surface area contributed by atoms with Crippen LogP contribution in [-0.2, 0) is 14.6 Å². The molecule has 0 heterocycles. The molecule has 6 heteroatoms. The van der Waals surface area contributed by atoms with Crippen LogP contribution in [0.15, 0.2) is 24.3 Å². The second-order valence-corrected chi connectivity index (χ2v) is 3.63. The number of hydrogen-bond acceptors (Lipinski definition) is 5. The van der Waals surface area contributed by atoms with Crippen molar-refractivity contribution < 1.29 is 16.8 Å². The summed E-state index contributed by atoms with van der Waals surface area (Å²) in [6.07, 6.45) is 1.03. The Morgan fingerprint density at radius 2 is 1.86 bits per heavy atom. The highest BCUT2D eigenvalue weighted by atomic mass is 32.3. The molecule has 0 bridgehead atoms. The van der Waals surface area contributed by atoms with Gasteiger partial charge in [0.2, 0.25) is 0 Å². The number of nitrogens with zero attached hydrogens (tertiary/aromatic N) is 1. The van der Waals surface area contributed by atoms with Crippen LogP contribution in [0.25, 0.3) is 0 Å². The zero-order valence-electron chi connectivity index (χ0n) is 7.30. The molecule has 0 aliphatic carbocycles. The van der Waals surface area contributed by atoms with Crippen LogP contribution < -0.4 is 4.18 Å². The van der Waals surface area contributed by atoms with E-state index in [0.717, 1.165) is 11.8 Å². The van der Waals surface area contributed by atoms with Gasteiger partial charge in [0.25, 0.3) is 0 Å². The van der Waals surface area contributed by atoms with Crippen LogP contribution in [0, 0.1) is 18.4 Å². The fourth-order valence-corrected chi connectivity index (χ4v) is 1.25. The minimum absolute atomic E-state index is 0.103. The minimum Gasteiger partial charge on any atom is -0.352 e. The van der Waals surface area contributed by atoms with E-state index in [1.165, 1.54) is 12.1 Å². The van der Waals surface area contributed by atoms with Gasteiger partial charge in [-0.05, 0) is 19.1 Å². The molecule has 0 unspecified atom stereocenters. The molecule has 0 aromatic heterocycles. The van der Waals surface area contributed by atoms with Crippen LogP contribution >= 0.6 is 0 Å². The third-order valence-electron chi connectivity index (χ3n) is 1.36. The van der Waals surface area contributed by atoms with E-state index in [9.17, 15) is 8.42 Å². The highest BCUT2D eigenvalue weighted by molar-refractivity contribution is 7.82. The number of aryl methyl sites for hydroxylation is 1. The van der Waals surface area contributed by atoms with E-state index in [1.807, 2.05) is 6.92 Å². The SMILES string of the molecule is Cc1ccc(OS(=O)(=O)OC#N)cc1. The van der Waals surface area contributed by atoms with Crippen molar-refractivity contribution in [2.75, 3.05) is 0 Å². The van der Waals surface area contributed by atoms with Crippen LogP contribution in [0.1, 0.15) is 5.56 Å². The van der Waals surface area contributed by atoms with Gasteiger partial charge in [0.05, 0.1) is 0 Å². The first kappa shape index (κ1) is 10.3. The molecule has 0 saturated carbocycles. The standard InChI is InChI=1S/C8H7NO4S/c1-7-2-4-8(5-3-7)13-14(10,11)12-6-9/h2-5H,1H3. The van der Waals surface area contributed by atoms with E-state index in [1.54, 1.807) is 12.1 Å². The summed E-state index contributed by atoms with van der Waals surface area (Å²) in [5.74, 6) is 0.103. The lowest BCUT2D eigenvalue weighted by molar-refractivity contribution is 0.373. The maximum absolute atomic E-state index is 10.8. The quantitative estimate of drug-likeness (QED) is 0.703. The van der Waals surface area contributed by atoms with E-state index in [-0.39, 0.29) is 5.75 Å². The van der Waals surface area contributed by atoms with Crippen molar-refractivity contribution in [3.8, 4) is 12.0 Å². The Bertz CT molecular complexity index is 443. The van der Waals surface area contributed by atoms with E-state index in [4.69, 9.17) is 5.26 Å². The van der Waals surface area contributed by atoms with Crippen LogP contribution in [-0.4, -0.2) is 8.42 Å². The summed E-state index contributed by atoms with van der Waals surface area (Å²) in [6, 6.07) is 6.29. The molecule has 0 aliphatic rings. The van der Waals surface area contributed by atoms with Crippen molar-refractivity contribution in [3.63, 3.8) is 0 Å². The molecule has 0 radical (unpaired) electrons. The molecule has 14 heavy (non-hydrogen) atoms. The van der Waals surface area contributed by atoms with Crippen LogP contribution in [0.5, 0.6) is 5.75 Å². The van der Waals surface area contributed by atoms with E-state index >= 15 is 0 Å². The van der Waals surface area contributed by atoms with Gasteiger partial charge in [-0.15, -0.1) is 13.7 Å². The van der Waals surface area contributed by atoms with Gasteiger partial charge in [-0.1, -0.05) is 17.7 Å². The molecule has 0 N–H and O–H groups in total. The molecule has 0 fully saturated rings. The first-order chi connectivity index (χ1) is 6.53. The van der Waals surface area contributed by atoms with Crippen molar-refractivity contribution in [1.82, 2.24) is 0 Å². The van der Waals surface area contributed by atoms with Gasteiger partial charge in [-0.2, -0.15) is 0 Å². The monoisotopic (exact) mass is 213 g/mol. The molecule has 0 aliphatic heterocycles. The largest absolute Gasteiger partial charge is 0.511 e.